The van der Waals surface area contributed by atoms with Crippen LogP contribution in [0.4, 0.5) is 0 Å². The number of thioether (sulfide) groups is 1. The predicted molar refractivity (Wildman–Crippen MR) is 99.0 cm³/mol. The maximum Gasteiger partial charge on any atom is 0.242 e. The first-order valence-corrected chi connectivity index (χ1v) is 9.76. The molecular formula is C17H29N3O4S. The molecule has 0 bridgehead atoms. The monoisotopic (exact) mass is 371 g/mol. The second-order valence-electron chi connectivity index (χ2n) is 6.13. The Morgan fingerprint density at radius 1 is 1.32 bits per heavy atom. The fourth-order valence-electron chi connectivity index (χ4n) is 2.48. The molecule has 8 heteroatoms. The summed E-state index contributed by atoms with van der Waals surface area (Å²) in [5.41, 5.74) is 0.629. The number of hydrogen-bond acceptors (Lipinski definition) is 6. The molecule has 1 atom stereocenters. The average Bonchev–Trinajstić information content (AvgIpc) is 2.83. The number of nitrogens with zero attached hydrogens (tertiary/aromatic N) is 1. The molecule has 0 aromatic rings. The molecular weight excluding hydrogens is 342 g/mol. The maximum absolute atomic E-state index is 12.3. The van der Waals surface area contributed by atoms with Crippen molar-refractivity contribution in [2.45, 2.75) is 50.7 Å². The first-order chi connectivity index (χ1) is 12.0. The molecule has 1 fully saturated rings. The molecule has 1 saturated heterocycles. The highest BCUT2D eigenvalue weighted by molar-refractivity contribution is 8.00. The fourth-order valence-corrected chi connectivity index (χ4v) is 3.61. The third-order valence-electron chi connectivity index (χ3n) is 3.88. The van der Waals surface area contributed by atoms with Gasteiger partial charge in [0.1, 0.15) is 0 Å². The van der Waals surface area contributed by atoms with E-state index in [0.29, 0.717) is 18.9 Å². The largest absolute Gasteiger partial charge is 0.385 e. The lowest BCUT2D eigenvalue weighted by Crippen LogP contribution is -2.35. The zero-order valence-electron chi connectivity index (χ0n) is 15.1. The van der Waals surface area contributed by atoms with E-state index >= 15 is 0 Å². The average molecular weight is 372 g/mol. The van der Waals surface area contributed by atoms with E-state index in [2.05, 4.69) is 5.32 Å². The van der Waals surface area contributed by atoms with Crippen LogP contribution < -0.4 is 5.32 Å². The Labute approximate surface area is 153 Å². The maximum atomic E-state index is 12.3. The standard InChI is InChI=1S/C17H29N3O4S/c1-13(18)6-5-11-25-14-12-16(22)20(17(14)23)9-7-15(21)19-8-3-4-10-24-2/h14,18H,3-12H2,1-2H3,(H,19,21). The number of likely N-dealkylation sites (tertiary alicyclic amines) is 1. The number of carbonyl (C=O) groups is 3. The summed E-state index contributed by atoms with van der Waals surface area (Å²) in [5, 5.41) is 9.83. The van der Waals surface area contributed by atoms with E-state index in [1.54, 1.807) is 14.0 Å². The molecule has 1 rings (SSSR count). The summed E-state index contributed by atoms with van der Waals surface area (Å²) < 4.78 is 4.94. The molecule has 3 amide bonds. The van der Waals surface area contributed by atoms with Crippen molar-refractivity contribution in [3.63, 3.8) is 0 Å². The molecule has 0 radical (unpaired) electrons. The molecule has 0 aromatic carbocycles. The highest BCUT2D eigenvalue weighted by atomic mass is 32.2. The topological polar surface area (TPSA) is 99.6 Å². The SMILES string of the molecule is COCCCCNC(=O)CCN1C(=O)CC(SCCCC(C)=N)C1=O. The lowest BCUT2D eigenvalue weighted by molar-refractivity contribution is -0.138. The number of nitrogens with one attached hydrogen (secondary N) is 2. The lowest BCUT2D eigenvalue weighted by Gasteiger charge is -2.14. The van der Waals surface area contributed by atoms with E-state index in [4.69, 9.17) is 10.1 Å². The minimum atomic E-state index is -0.337. The van der Waals surface area contributed by atoms with Crippen molar-refractivity contribution in [1.82, 2.24) is 10.2 Å². The van der Waals surface area contributed by atoms with Gasteiger partial charge < -0.3 is 15.5 Å². The van der Waals surface area contributed by atoms with Gasteiger partial charge in [-0.3, -0.25) is 19.3 Å². The third kappa shape index (κ3) is 8.49. The van der Waals surface area contributed by atoms with Crippen LogP contribution in [0.2, 0.25) is 0 Å². The van der Waals surface area contributed by atoms with Gasteiger partial charge in [-0.15, -0.1) is 11.8 Å². The molecule has 1 aliphatic rings. The van der Waals surface area contributed by atoms with Gasteiger partial charge in [0.2, 0.25) is 17.7 Å². The van der Waals surface area contributed by atoms with Gasteiger partial charge in [0, 0.05) is 45.4 Å². The van der Waals surface area contributed by atoms with Crippen molar-refractivity contribution in [1.29, 1.82) is 5.41 Å². The van der Waals surface area contributed by atoms with Gasteiger partial charge in [-0.25, -0.2) is 0 Å². The second-order valence-corrected chi connectivity index (χ2v) is 7.44. The minimum absolute atomic E-state index is 0.143. The molecule has 0 aromatic heterocycles. The van der Waals surface area contributed by atoms with Gasteiger partial charge in [0.25, 0.3) is 0 Å². The zero-order chi connectivity index (χ0) is 18.7. The van der Waals surface area contributed by atoms with Gasteiger partial charge in [0.05, 0.1) is 5.25 Å². The Hall–Kier alpha value is -1.41. The molecule has 25 heavy (non-hydrogen) atoms. The van der Waals surface area contributed by atoms with E-state index < -0.39 is 0 Å². The van der Waals surface area contributed by atoms with Gasteiger partial charge in [0.15, 0.2) is 0 Å². The number of imide groups is 1. The van der Waals surface area contributed by atoms with Crippen LogP contribution >= 0.6 is 11.8 Å². The normalized spacial score (nSPS) is 17.2. The third-order valence-corrected chi connectivity index (χ3v) is 5.17. The van der Waals surface area contributed by atoms with E-state index in [0.717, 1.165) is 31.4 Å². The van der Waals surface area contributed by atoms with E-state index in [1.807, 2.05) is 0 Å². The predicted octanol–water partition coefficient (Wildman–Crippen LogP) is 1.60. The number of ether oxygens (including phenoxy) is 1. The summed E-state index contributed by atoms with van der Waals surface area (Å²) in [6.45, 7) is 3.16. The van der Waals surface area contributed by atoms with Crippen molar-refractivity contribution in [2.75, 3.05) is 32.6 Å². The molecule has 1 aliphatic heterocycles. The minimum Gasteiger partial charge on any atom is -0.385 e. The number of rotatable bonds is 13. The quantitative estimate of drug-likeness (QED) is 0.291. The number of unbranched alkanes of at least 4 members (excludes halogenated alkanes) is 1. The highest BCUT2D eigenvalue weighted by Crippen LogP contribution is 2.26. The summed E-state index contributed by atoms with van der Waals surface area (Å²) >= 11 is 1.48. The molecule has 0 saturated carbocycles. The Bertz CT molecular complexity index is 485. The first-order valence-electron chi connectivity index (χ1n) is 8.71. The van der Waals surface area contributed by atoms with Gasteiger partial charge in [-0.2, -0.15) is 0 Å². The van der Waals surface area contributed by atoms with Gasteiger partial charge in [-0.1, -0.05) is 0 Å². The van der Waals surface area contributed by atoms with Crippen LogP contribution in [0.15, 0.2) is 0 Å². The van der Waals surface area contributed by atoms with Crippen molar-refractivity contribution >= 4 is 35.2 Å². The molecule has 2 N–H and O–H groups in total. The highest BCUT2D eigenvalue weighted by Gasteiger charge is 2.38. The zero-order valence-corrected chi connectivity index (χ0v) is 16.0. The number of amides is 3. The van der Waals surface area contributed by atoms with E-state index in [9.17, 15) is 14.4 Å². The Balaban J connectivity index is 2.24. The fraction of sp³-hybridized carbons (Fsp3) is 0.765. The lowest BCUT2D eigenvalue weighted by atomic mass is 10.2. The van der Waals surface area contributed by atoms with Crippen LogP contribution in [-0.4, -0.2) is 66.1 Å². The molecule has 0 aliphatic carbocycles. The van der Waals surface area contributed by atoms with Gasteiger partial charge in [-0.05, 0) is 38.4 Å². The van der Waals surface area contributed by atoms with Crippen LogP contribution in [0.3, 0.4) is 0 Å². The first kappa shape index (κ1) is 21.6. The van der Waals surface area contributed by atoms with E-state index in [1.165, 1.54) is 16.7 Å². The Kier molecular flexibility index (Phi) is 10.4. The summed E-state index contributed by atoms with van der Waals surface area (Å²) in [6, 6.07) is 0. The van der Waals surface area contributed by atoms with Crippen LogP contribution in [0.1, 0.15) is 45.4 Å². The van der Waals surface area contributed by atoms with Crippen molar-refractivity contribution < 1.29 is 19.1 Å². The van der Waals surface area contributed by atoms with Crippen LogP contribution in [0.25, 0.3) is 0 Å². The molecule has 0 spiro atoms. The molecule has 142 valence electrons. The van der Waals surface area contributed by atoms with Gasteiger partial charge >= 0.3 is 0 Å². The number of methoxy groups -OCH3 is 1. The second kappa shape index (κ2) is 12.0. The van der Waals surface area contributed by atoms with Crippen molar-refractivity contribution in [2.24, 2.45) is 0 Å². The summed E-state index contributed by atoms with van der Waals surface area (Å²) in [7, 11) is 1.64. The van der Waals surface area contributed by atoms with Crippen LogP contribution in [-0.2, 0) is 19.1 Å². The smallest absolute Gasteiger partial charge is 0.242 e. The molecule has 1 heterocycles. The number of carbonyl (C=O) groups excluding carboxylic acids is 3. The summed E-state index contributed by atoms with van der Waals surface area (Å²) in [6.07, 6.45) is 3.64. The summed E-state index contributed by atoms with van der Waals surface area (Å²) in [5.74, 6) is 0.235. The van der Waals surface area contributed by atoms with Crippen molar-refractivity contribution in [3.8, 4) is 0 Å². The van der Waals surface area contributed by atoms with Crippen LogP contribution in [0, 0.1) is 5.41 Å². The molecule has 1 unspecified atom stereocenters. The molecule has 7 nitrogen and oxygen atoms in total. The van der Waals surface area contributed by atoms with Crippen molar-refractivity contribution in [3.05, 3.63) is 0 Å². The summed E-state index contributed by atoms with van der Waals surface area (Å²) in [4.78, 5) is 37.3. The van der Waals surface area contributed by atoms with E-state index in [-0.39, 0.29) is 42.4 Å². The Morgan fingerprint density at radius 3 is 2.76 bits per heavy atom. The Morgan fingerprint density at radius 2 is 2.08 bits per heavy atom. The van der Waals surface area contributed by atoms with Crippen LogP contribution in [0.5, 0.6) is 0 Å². The number of hydrogen-bond donors (Lipinski definition) is 2.